The summed E-state index contributed by atoms with van der Waals surface area (Å²) in [6, 6.07) is 28.9. The van der Waals surface area contributed by atoms with Gasteiger partial charge in [-0.05, 0) is 12.1 Å². The van der Waals surface area contributed by atoms with Crippen LogP contribution in [0.5, 0.6) is 0 Å². The number of nitrogens with zero attached hydrogens (tertiary/aromatic N) is 3. The minimum absolute atomic E-state index is 0.150. The Morgan fingerprint density at radius 3 is 1.84 bits per heavy atom. The summed E-state index contributed by atoms with van der Waals surface area (Å²) < 4.78 is 0. The molecule has 1 fully saturated rings. The van der Waals surface area contributed by atoms with Crippen molar-refractivity contribution in [3.8, 4) is 0 Å². The second kappa shape index (κ2) is 9.07. The zero-order valence-electron chi connectivity index (χ0n) is 17.6. The molecule has 0 bridgehead atoms. The van der Waals surface area contributed by atoms with Gasteiger partial charge in [-0.3, -0.25) is 4.79 Å². The van der Waals surface area contributed by atoms with E-state index in [9.17, 15) is 4.79 Å². The summed E-state index contributed by atoms with van der Waals surface area (Å²) in [5, 5.41) is 0.162. The molecule has 0 aliphatic carbocycles. The number of carbonyl (C=O) groups is 1. The van der Waals surface area contributed by atoms with Crippen molar-refractivity contribution in [1.29, 1.82) is 0 Å². The first kappa shape index (κ1) is 20.6. The summed E-state index contributed by atoms with van der Waals surface area (Å²) in [4.78, 5) is 25.4. The number of hydrogen-bond donors (Lipinski definition) is 1. The van der Waals surface area contributed by atoms with E-state index in [1.165, 1.54) is 16.0 Å². The molecule has 1 amide bonds. The van der Waals surface area contributed by atoms with Crippen LogP contribution >= 0.6 is 11.6 Å². The maximum atomic E-state index is 13.2. The van der Waals surface area contributed by atoms with Gasteiger partial charge in [0, 0.05) is 11.1 Å². The van der Waals surface area contributed by atoms with Crippen LogP contribution in [0.4, 0.5) is 0 Å². The predicted octanol–water partition coefficient (Wildman–Crippen LogP) is 3.41. The molecular weight excluding hydrogens is 420 g/mol. The fraction of sp³-hybridized carbons (Fsp3) is 0.192. The Morgan fingerprint density at radius 2 is 1.28 bits per heavy atom. The molecule has 2 heterocycles. The number of quaternary nitrogens is 1. The van der Waals surface area contributed by atoms with Gasteiger partial charge < -0.3 is 9.80 Å². The molecule has 6 heteroatoms. The zero-order valence-corrected chi connectivity index (χ0v) is 18.4. The molecule has 1 N–H and O–H groups in total. The number of amides is 1. The number of nitrogens with one attached hydrogen (secondary N) is 1. The number of halogens is 1. The second-order valence-corrected chi connectivity index (χ2v) is 8.41. The number of rotatable bonds is 4. The summed E-state index contributed by atoms with van der Waals surface area (Å²) in [6.07, 6.45) is 0. The highest BCUT2D eigenvalue weighted by molar-refractivity contribution is 6.32. The maximum Gasteiger partial charge on any atom is 0.276 e. The highest BCUT2D eigenvalue weighted by atomic mass is 35.5. The van der Waals surface area contributed by atoms with Gasteiger partial charge in [-0.1, -0.05) is 84.4 Å². The SMILES string of the molecule is O=C(c1nc2ccccc2nc1Cl)N1CC[NH+](C(c2ccccc2)c2ccccc2)CC1. The van der Waals surface area contributed by atoms with Gasteiger partial charge in [0.2, 0.25) is 0 Å². The van der Waals surface area contributed by atoms with Gasteiger partial charge >= 0.3 is 0 Å². The van der Waals surface area contributed by atoms with Crippen molar-refractivity contribution in [2.75, 3.05) is 26.2 Å². The molecule has 0 atom stereocenters. The third-order valence-corrected chi connectivity index (χ3v) is 6.36. The fourth-order valence-corrected chi connectivity index (χ4v) is 4.72. The number of carbonyl (C=O) groups excluding carboxylic acids is 1. The fourth-order valence-electron chi connectivity index (χ4n) is 4.50. The van der Waals surface area contributed by atoms with E-state index < -0.39 is 0 Å². The lowest BCUT2D eigenvalue weighted by molar-refractivity contribution is -0.929. The molecule has 0 radical (unpaired) electrons. The van der Waals surface area contributed by atoms with E-state index in [-0.39, 0.29) is 22.8 Å². The third kappa shape index (κ3) is 4.09. The van der Waals surface area contributed by atoms with Crippen molar-refractivity contribution in [3.63, 3.8) is 0 Å². The number of piperazine rings is 1. The molecule has 160 valence electrons. The van der Waals surface area contributed by atoms with E-state index in [0.717, 1.165) is 13.1 Å². The highest BCUT2D eigenvalue weighted by Crippen LogP contribution is 2.21. The average Bonchev–Trinajstić information content (AvgIpc) is 2.85. The minimum Gasteiger partial charge on any atom is -0.326 e. The Balaban J connectivity index is 1.36. The van der Waals surface area contributed by atoms with Crippen LogP contribution in [-0.2, 0) is 0 Å². The first-order valence-electron chi connectivity index (χ1n) is 10.9. The largest absolute Gasteiger partial charge is 0.326 e. The van der Waals surface area contributed by atoms with Crippen molar-refractivity contribution in [3.05, 3.63) is 107 Å². The number of aromatic nitrogens is 2. The first-order chi connectivity index (χ1) is 15.7. The van der Waals surface area contributed by atoms with Crippen LogP contribution in [0.3, 0.4) is 0 Å². The monoisotopic (exact) mass is 443 g/mol. The first-order valence-corrected chi connectivity index (χ1v) is 11.2. The number of benzene rings is 3. The third-order valence-electron chi connectivity index (χ3n) is 6.10. The van der Waals surface area contributed by atoms with Crippen molar-refractivity contribution >= 4 is 28.5 Å². The molecule has 5 nitrogen and oxygen atoms in total. The average molecular weight is 444 g/mol. The molecule has 1 aromatic heterocycles. The standard InChI is InChI=1S/C26H23ClN4O/c27-25-23(28-21-13-7-8-14-22(21)29-25)26(32)31-17-15-30(16-18-31)24(19-9-3-1-4-10-19)20-11-5-2-6-12-20/h1-14,24H,15-18H2/p+1. The molecule has 32 heavy (non-hydrogen) atoms. The van der Waals surface area contributed by atoms with Gasteiger partial charge in [0.25, 0.3) is 5.91 Å². The van der Waals surface area contributed by atoms with E-state index in [0.29, 0.717) is 24.1 Å². The summed E-state index contributed by atoms with van der Waals surface area (Å²) in [6.45, 7) is 2.99. The molecule has 1 aliphatic heterocycles. The predicted molar refractivity (Wildman–Crippen MR) is 126 cm³/mol. The van der Waals surface area contributed by atoms with Crippen molar-refractivity contribution in [2.24, 2.45) is 0 Å². The summed E-state index contributed by atoms with van der Waals surface area (Å²) in [7, 11) is 0. The molecule has 3 aromatic carbocycles. The van der Waals surface area contributed by atoms with Crippen LogP contribution in [-0.4, -0.2) is 47.0 Å². The molecule has 0 unspecified atom stereocenters. The van der Waals surface area contributed by atoms with Crippen LogP contribution < -0.4 is 4.90 Å². The maximum absolute atomic E-state index is 13.2. The normalized spacial score (nSPS) is 14.8. The summed E-state index contributed by atoms with van der Waals surface area (Å²) in [5.74, 6) is -0.150. The Labute approximate surface area is 192 Å². The lowest BCUT2D eigenvalue weighted by atomic mass is 9.96. The Hall–Kier alpha value is -3.28. The molecule has 0 spiro atoms. The molecule has 0 saturated carbocycles. The van der Waals surface area contributed by atoms with E-state index in [1.807, 2.05) is 41.3 Å². The van der Waals surface area contributed by atoms with Crippen molar-refractivity contribution in [2.45, 2.75) is 6.04 Å². The van der Waals surface area contributed by atoms with Crippen LogP contribution in [0.1, 0.15) is 27.7 Å². The van der Waals surface area contributed by atoms with Gasteiger partial charge in [-0.15, -0.1) is 0 Å². The topological polar surface area (TPSA) is 50.5 Å². The molecule has 1 saturated heterocycles. The van der Waals surface area contributed by atoms with Crippen molar-refractivity contribution in [1.82, 2.24) is 14.9 Å². The molecule has 1 aliphatic rings. The lowest BCUT2D eigenvalue weighted by Crippen LogP contribution is -3.15. The van der Waals surface area contributed by atoms with Crippen LogP contribution in [0.15, 0.2) is 84.9 Å². The zero-order chi connectivity index (χ0) is 21.9. The second-order valence-electron chi connectivity index (χ2n) is 8.06. The van der Waals surface area contributed by atoms with Gasteiger partial charge in [-0.25, -0.2) is 9.97 Å². The summed E-state index contributed by atoms with van der Waals surface area (Å²) in [5.41, 5.74) is 4.18. The van der Waals surface area contributed by atoms with Gasteiger partial charge in [0.15, 0.2) is 10.8 Å². The van der Waals surface area contributed by atoms with Gasteiger partial charge in [-0.2, -0.15) is 0 Å². The Morgan fingerprint density at radius 1 is 0.781 bits per heavy atom. The molecule has 4 aromatic rings. The molecular formula is C26H24ClN4O+. The van der Waals surface area contributed by atoms with E-state index in [2.05, 4.69) is 58.5 Å². The Bertz CT molecular complexity index is 1190. The highest BCUT2D eigenvalue weighted by Gasteiger charge is 2.32. The van der Waals surface area contributed by atoms with E-state index >= 15 is 0 Å². The number of para-hydroxylation sites is 2. The number of hydrogen-bond acceptors (Lipinski definition) is 3. The van der Waals surface area contributed by atoms with Gasteiger partial charge in [0.05, 0.1) is 37.2 Å². The van der Waals surface area contributed by atoms with Crippen LogP contribution in [0, 0.1) is 0 Å². The van der Waals surface area contributed by atoms with Crippen LogP contribution in [0.25, 0.3) is 11.0 Å². The quantitative estimate of drug-likeness (QED) is 0.526. The van der Waals surface area contributed by atoms with E-state index in [4.69, 9.17) is 11.6 Å². The van der Waals surface area contributed by atoms with E-state index in [1.54, 1.807) is 0 Å². The molecule has 5 rings (SSSR count). The summed E-state index contributed by atoms with van der Waals surface area (Å²) >= 11 is 6.33. The van der Waals surface area contributed by atoms with Crippen LogP contribution in [0.2, 0.25) is 5.15 Å². The Kier molecular flexibility index (Phi) is 5.84. The smallest absolute Gasteiger partial charge is 0.276 e. The minimum atomic E-state index is -0.150. The van der Waals surface area contributed by atoms with Gasteiger partial charge in [0.1, 0.15) is 6.04 Å². The lowest BCUT2D eigenvalue weighted by Gasteiger charge is -2.37. The number of fused-ring (bicyclic) bond motifs is 1. The van der Waals surface area contributed by atoms with Crippen molar-refractivity contribution < 1.29 is 9.69 Å².